The van der Waals surface area contributed by atoms with E-state index in [2.05, 4.69) is 12.1 Å². The van der Waals surface area contributed by atoms with E-state index in [1.54, 1.807) is 0 Å². The number of methoxy groups -OCH3 is 1. The first-order chi connectivity index (χ1) is 7.56. The Balaban J connectivity index is 2.38. The van der Waals surface area contributed by atoms with E-state index in [-0.39, 0.29) is 11.4 Å². The first kappa shape index (κ1) is 12.8. The zero-order chi connectivity index (χ0) is 12.0. The lowest BCUT2D eigenvalue weighted by Gasteiger charge is -2.21. The molecule has 0 N–H and O–H groups in total. The highest BCUT2D eigenvalue weighted by Crippen LogP contribution is 2.24. The van der Waals surface area contributed by atoms with Crippen molar-refractivity contribution in [1.29, 1.82) is 0 Å². The van der Waals surface area contributed by atoms with Gasteiger partial charge >= 0.3 is 5.97 Å². The molecule has 0 aliphatic rings. The summed E-state index contributed by atoms with van der Waals surface area (Å²) in [4.78, 5) is 11.5. The number of rotatable bonds is 5. The van der Waals surface area contributed by atoms with Gasteiger partial charge in [-0.25, -0.2) is 0 Å². The van der Waals surface area contributed by atoms with E-state index in [4.69, 9.17) is 4.74 Å². The van der Waals surface area contributed by atoms with Gasteiger partial charge in [-0.05, 0) is 38.7 Å². The predicted octanol–water partition coefficient (Wildman–Crippen LogP) is 3.21. The Morgan fingerprint density at radius 1 is 1.25 bits per heavy atom. The third-order valence-corrected chi connectivity index (χ3v) is 2.85. The van der Waals surface area contributed by atoms with E-state index in [1.165, 1.54) is 12.7 Å². The van der Waals surface area contributed by atoms with Crippen LogP contribution < -0.4 is 0 Å². The monoisotopic (exact) mass is 220 g/mol. The van der Waals surface area contributed by atoms with Crippen molar-refractivity contribution < 1.29 is 9.53 Å². The standard InChI is InChI=1S/C14H20O2/c1-14(2,13(15)16-3)11-7-10-12-8-5-4-6-9-12/h4-6,8-9H,7,10-11H2,1-3H3. The van der Waals surface area contributed by atoms with E-state index < -0.39 is 0 Å². The molecule has 0 heterocycles. The van der Waals surface area contributed by atoms with Crippen molar-refractivity contribution >= 4 is 5.97 Å². The number of carbonyl (C=O) groups is 1. The largest absolute Gasteiger partial charge is 0.469 e. The summed E-state index contributed by atoms with van der Waals surface area (Å²) in [5, 5.41) is 0. The molecular weight excluding hydrogens is 200 g/mol. The molecule has 0 saturated heterocycles. The van der Waals surface area contributed by atoms with Crippen molar-refractivity contribution in [1.82, 2.24) is 0 Å². The summed E-state index contributed by atoms with van der Waals surface area (Å²) in [7, 11) is 1.45. The summed E-state index contributed by atoms with van der Waals surface area (Å²) in [6, 6.07) is 10.3. The molecule has 16 heavy (non-hydrogen) atoms. The molecule has 0 atom stereocenters. The normalized spacial score (nSPS) is 11.2. The molecule has 0 unspecified atom stereocenters. The Morgan fingerprint density at radius 3 is 2.44 bits per heavy atom. The molecule has 2 heteroatoms. The molecule has 0 amide bonds. The highest BCUT2D eigenvalue weighted by atomic mass is 16.5. The number of hydrogen-bond acceptors (Lipinski definition) is 2. The number of aryl methyl sites for hydroxylation is 1. The molecule has 0 radical (unpaired) electrons. The van der Waals surface area contributed by atoms with Gasteiger partial charge in [0.25, 0.3) is 0 Å². The van der Waals surface area contributed by atoms with Crippen LogP contribution in [-0.4, -0.2) is 13.1 Å². The third kappa shape index (κ3) is 3.69. The van der Waals surface area contributed by atoms with Gasteiger partial charge in [0.15, 0.2) is 0 Å². The maximum atomic E-state index is 11.5. The topological polar surface area (TPSA) is 26.3 Å². The Labute approximate surface area is 97.6 Å². The molecule has 1 aromatic carbocycles. The summed E-state index contributed by atoms with van der Waals surface area (Å²) in [6.45, 7) is 3.87. The minimum atomic E-state index is -0.371. The predicted molar refractivity (Wildman–Crippen MR) is 65.2 cm³/mol. The smallest absolute Gasteiger partial charge is 0.311 e. The lowest BCUT2D eigenvalue weighted by molar-refractivity contribution is -0.151. The van der Waals surface area contributed by atoms with Crippen LogP contribution >= 0.6 is 0 Å². The molecule has 0 spiro atoms. The summed E-state index contributed by atoms with van der Waals surface area (Å²) < 4.78 is 4.78. The zero-order valence-electron chi connectivity index (χ0n) is 10.3. The molecular formula is C14H20O2. The second-order valence-electron chi connectivity index (χ2n) is 4.71. The fraction of sp³-hybridized carbons (Fsp3) is 0.500. The van der Waals surface area contributed by atoms with Crippen LogP contribution in [0.4, 0.5) is 0 Å². The van der Waals surface area contributed by atoms with E-state index in [0.717, 1.165) is 19.3 Å². The molecule has 88 valence electrons. The highest BCUT2D eigenvalue weighted by molar-refractivity contribution is 5.75. The quantitative estimate of drug-likeness (QED) is 0.712. The molecule has 0 fully saturated rings. The third-order valence-electron chi connectivity index (χ3n) is 2.85. The lowest BCUT2D eigenvalue weighted by atomic mass is 9.86. The molecule has 0 aliphatic carbocycles. The summed E-state index contributed by atoms with van der Waals surface area (Å²) in [5.74, 6) is -0.124. The Bertz CT molecular complexity index is 328. The van der Waals surface area contributed by atoms with Crippen molar-refractivity contribution in [2.45, 2.75) is 33.1 Å². The van der Waals surface area contributed by atoms with Crippen LogP contribution in [0.1, 0.15) is 32.3 Å². The first-order valence-electron chi connectivity index (χ1n) is 5.68. The lowest BCUT2D eigenvalue weighted by Crippen LogP contribution is -2.25. The van der Waals surface area contributed by atoms with Gasteiger partial charge in [0.05, 0.1) is 12.5 Å². The summed E-state index contributed by atoms with van der Waals surface area (Å²) in [5.41, 5.74) is 0.951. The maximum absolute atomic E-state index is 11.5. The van der Waals surface area contributed by atoms with Crippen molar-refractivity contribution in [2.24, 2.45) is 5.41 Å². The Hall–Kier alpha value is -1.31. The molecule has 1 rings (SSSR count). The van der Waals surface area contributed by atoms with E-state index >= 15 is 0 Å². The van der Waals surface area contributed by atoms with Crippen LogP contribution in [0.5, 0.6) is 0 Å². The van der Waals surface area contributed by atoms with E-state index in [1.807, 2.05) is 32.0 Å². The van der Waals surface area contributed by atoms with Crippen molar-refractivity contribution in [3.8, 4) is 0 Å². The highest BCUT2D eigenvalue weighted by Gasteiger charge is 2.27. The van der Waals surface area contributed by atoms with Gasteiger partial charge in [-0.1, -0.05) is 30.3 Å². The number of ether oxygens (including phenoxy) is 1. The van der Waals surface area contributed by atoms with Gasteiger partial charge < -0.3 is 4.74 Å². The fourth-order valence-electron chi connectivity index (χ4n) is 1.76. The number of carbonyl (C=O) groups excluding carboxylic acids is 1. The average Bonchev–Trinajstić information content (AvgIpc) is 2.29. The van der Waals surface area contributed by atoms with Crippen LogP contribution in [0, 0.1) is 5.41 Å². The van der Waals surface area contributed by atoms with Crippen LogP contribution in [0.2, 0.25) is 0 Å². The molecule has 0 aromatic heterocycles. The zero-order valence-corrected chi connectivity index (χ0v) is 10.3. The van der Waals surface area contributed by atoms with Crippen LogP contribution in [0.25, 0.3) is 0 Å². The second kappa shape index (κ2) is 5.69. The molecule has 2 nitrogen and oxygen atoms in total. The van der Waals surface area contributed by atoms with Gasteiger partial charge in [-0.15, -0.1) is 0 Å². The first-order valence-corrected chi connectivity index (χ1v) is 5.68. The van der Waals surface area contributed by atoms with Crippen molar-refractivity contribution in [3.05, 3.63) is 35.9 Å². The minimum absolute atomic E-state index is 0.124. The molecule has 0 bridgehead atoms. The summed E-state index contributed by atoms with van der Waals surface area (Å²) >= 11 is 0. The van der Waals surface area contributed by atoms with Crippen molar-refractivity contribution in [3.63, 3.8) is 0 Å². The van der Waals surface area contributed by atoms with E-state index in [0.29, 0.717) is 0 Å². The van der Waals surface area contributed by atoms with Crippen molar-refractivity contribution in [2.75, 3.05) is 7.11 Å². The average molecular weight is 220 g/mol. The summed E-state index contributed by atoms with van der Waals surface area (Å²) in [6.07, 6.45) is 2.88. The van der Waals surface area contributed by atoms with Gasteiger partial charge in [0.2, 0.25) is 0 Å². The van der Waals surface area contributed by atoms with Crippen LogP contribution in [0.3, 0.4) is 0 Å². The fourth-order valence-corrected chi connectivity index (χ4v) is 1.76. The van der Waals surface area contributed by atoms with Gasteiger partial charge in [-0.3, -0.25) is 4.79 Å². The Morgan fingerprint density at radius 2 is 1.88 bits per heavy atom. The number of hydrogen-bond donors (Lipinski definition) is 0. The van der Waals surface area contributed by atoms with Gasteiger partial charge in [0, 0.05) is 0 Å². The maximum Gasteiger partial charge on any atom is 0.311 e. The second-order valence-corrected chi connectivity index (χ2v) is 4.71. The number of esters is 1. The molecule has 0 saturated carbocycles. The number of benzene rings is 1. The van der Waals surface area contributed by atoms with E-state index in [9.17, 15) is 4.79 Å². The minimum Gasteiger partial charge on any atom is -0.469 e. The SMILES string of the molecule is COC(=O)C(C)(C)CCCc1ccccc1. The molecule has 0 aliphatic heterocycles. The van der Waals surface area contributed by atoms with Crippen LogP contribution in [-0.2, 0) is 16.0 Å². The van der Waals surface area contributed by atoms with Gasteiger partial charge in [0.1, 0.15) is 0 Å². The van der Waals surface area contributed by atoms with Crippen LogP contribution in [0.15, 0.2) is 30.3 Å². The van der Waals surface area contributed by atoms with Gasteiger partial charge in [-0.2, -0.15) is 0 Å². The molecule has 1 aromatic rings. The Kier molecular flexibility index (Phi) is 4.53.